The first-order valence-corrected chi connectivity index (χ1v) is 9.64. The number of pyridine rings is 1. The van der Waals surface area contributed by atoms with Gasteiger partial charge in [0.15, 0.2) is 0 Å². The predicted molar refractivity (Wildman–Crippen MR) is 107 cm³/mol. The van der Waals surface area contributed by atoms with E-state index in [1.54, 1.807) is 0 Å². The van der Waals surface area contributed by atoms with E-state index in [1.165, 1.54) is 0 Å². The van der Waals surface area contributed by atoms with Crippen LogP contribution in [-0.2, 0) is 6.54 Å². The lowest BCUT2D eigenvalue weighted by atomic mass is 10.1. The summed E-state index contributed by atoms with van der Waals surface area (Å²) in [6.45, 7) is 5.35. The van der Waals surface area contributed by atoms with Gasteiger partial charge in [-0.25, -0.2) is 0 Å². The lowest BCUT2D eigenvalue weighted by Gasteiger charge is -2.40. The van der Waals surface area contributed by atoms with Gasteiger partial charge in [0.25, 0.3) is 11.8 Å². The van der Waals surface area contributed by atoms with Gasteiger partial charge in [-0.1, -0.05) is 24.3 Å². The molecule has 1 saturated heterocycles. The maximum absolute atomic E-state index is 9.55. The van der Waals surface area contributed by atoms with Crippen LogP contribution in [0.2, 0.25) is 0 Å². The number of aryl methyl sites for hydroxylation is 1. The highest BCUT2D eigenvalue weighted by Gasteiger charge is 2.29. The molecule has 1 N–H and O–H groups in total. The summed E-state index contributed by atoms with van der Waals surface area (Å²) >= 11 is 0. The van der Waals surface area contributed by atoms with E-state index in [-0.39, 0.29) is 12.6 Å². The molecule has 28 heavy (non-hydrogen) atoms. The monoisotopic (exact) mass is 379 g/mol. The molecule has 3 heterocycles. The Hall–Kier alpha value is -2.77. The molecule has 2 aromatic heterocycles. The average Bonchev–Trinajstić information content (AvgIpc) is 3.20. The smallest absolute Gasteiger partial charge is 0.266 e. The second-order valence-electron chi connectivity index (χ2n) is 7.12. The zero-order chi connectivity index (χ0) is 19.3. The van der Waals surface area contributed by atoms with Crippen molar-refractivity contribution in [3.63, 3.8) is 0 Å². The normalized spacial score (nSPS) is 17.8. The number of hydrogen-bond donors (Lipinski definition) is 1. The van der Waals surface area contributed by atoms with Crippen LogP contribution in [0.4, 0.5) is 5.95 Å². The van der Waals surface area contributed by atoms with E-state index >= 15 is 0 Å². The van der Waals surface area contributed by atoms with Crippen LogP contribution < -0.4 is 4.90 Å². The number of hydrogen-bond acceptors (Lipinski definition) is 7. The molecule has 0 spiro atoms. The molecule has 7 heteroatoms. The van der Waals surface area contributed by atoms with Gasteiger partial charge in [0, 0.05) is 50.1 Å². The first-order valence-electron chi connectivity index (χ1n) is 9.64. The fourth-order valence-electron chi connectivity index (χ4n) is 3.64. The van der Waals surface area contributed by atoms with Crippen LogP contribution >= 0.6 is 0 Å². The van der Waals surface area contributed by atoms with Gasteiger partial charge in [0.05, 0.1) is 5.69 Å². The van der Waals surface area contributed by atoms with Crippen molar-refractivity contribution in [1.82, 2.24) is 20.0 Å². The first kappa shape index (κ1) is 18.6. The molecule has 3 aromatic rings. The van der Waals surface area contributed by atoms with E-state index in [9.17, 15) is 5.11 Å². The van der Waals surface area contributed by atoms with Crippen molar-refractivity contribution in [2.45, 2.75) is 25.9 Å². The molecule has 1 aliphatic rings. The third-order valence-electron chi connectivity index (χ3n) is 5.10. The third kappa shape index (κ3) is 4.21. The minimum absolute atomic E-state index is 0.151. The fraction of sp³-hybridized carbons (Fsp3) is 0.381. The summed E-state index contributed by atoms with van der Waals surface area (Å²) in [5.74, 6) is 1.14. The van der Waals surface area contributed by atoms with Gasteiger partial charge in [-0.15, -0.1) is 0 Å². The molecule has 1 atom stereocenters. The molecule has 1 fully saturated rings. The average molecular weight is 379 g/mol. The zero-order valence-corrected chi connectivity index (χ0v) is 16.0. The summed E-state index contributed by atoms with van der Waals surface area (Å²) in [6.07, 6.45) is 0.700. The Labute approximate surface area is 164 Å². The van der Waals surface area contributed by atoms with E-state index in [0.717, 1.165) is 43.1 Å². The Morgan fingerprint density at radius 2 is 1.93 bits per heavy atom. The van der Waals surface area contributed by atoms with Gasteiger partial charge >= 0.3 is 0 Å². The highest BCUT2D eigenvalue weighted by Crippen LogP contribution is 2.23. The van der Waals surface area contributed by atoms with E-state index in [0.29, 0.717) is 18.3 Å². The van der Waals surface area contributed by atoms with Crippen molar-refractivity contribution >= 4 is 5.95 Å². The van der Waals surface area contributed by atoms with Crippen LogP contribution in [0.1, 0.15) is 17.8 Å². The molecule has 0 amide bonds. The molecule has 0 aliphatic carbocycles. The van der Waals surface area contributed by atoms with E-state index in [2.05, 4.69) is 31.0 Å². The summed E-state index contributed by atoms with van der Waals surface area (Å²) in [5, 5.41) is 13.7. The van der Waals surface area contributed by atoms with Crippen LogP contribution in [0.3, 0.4) is 0 Å². The Morgan fingerprint density at radius 3 is 2.71 bits per heavy atom. The van der Waals surface area contributed by atoms with Crippen molar-refractivity contribution < 1.29 is 9.63 Å². The van der Waals surface area contributed by atoms with Crippen molar-refractivity contribution in [1.29, 1.82) is 0 Å². The zero-order valence-electron chi connectivity index (χ0n) is 16.0. The van der Waals surface area contributed by atoms with Crippen LogP contribution in [0.15, 0.2) is 53.1 Å². The Balaban J connectivity index is 1.46. The highest BCUT2D eigenvalue weighted by molar-refractivity contribution is 5.54. The maximum atomic E-state index is 9.55. The fourth-order valence-corrected chi connectivity index (χ4v) is 3.64. The van der Waals surface area contributed by atoms with Crippen molar-refractivity contribution in [3.8, 4) is 11.5 Å². The van der Waals surface area contributed by atoms with Crippen LogP contribution in [-0.4, -0.2) is 57.4 Å². The second kappa shape index (κ2) is 8.50. The number of aliphatic hydroxyl groups is 1. The topological polar surface area (TPSA) is 78.5 Å². The van der Waals surface area contributed by atoms with Crippen molar-refractivity contribution in [3.05, 3.63) is 59.9 Å². The molecule has 0 saturated carbocycles. The molecule has 0 bridgehead atoms. The summed E-state index contributed by atoms with van der Waals surface area (Å²) < 4.78 is 5.46. The number of anilines is 1. The molecule has 1 aromatic carbocycles. The van der Waals surface area contributed by atoms with Gasteiger partial charge in [-0.2, -0.15) is 4.98 Å². The number of benzene rings is 1. The Morgan fingerprint density at radius 1 is 1.07 bits per heavy atom. The molecular weight excluding hydrogens is 354 g/mol. The summed E-state index contributed by atoms with van der Waals surface area (Å²) in [4.78, 5) is 13.7. The summed E-state index contributed by atoms with van der Waals surface area (Å²) in [5.41, 5.74) is 3.00. The molecule has 0 radical (unpaired) electrons. The molecule has 4 rings (SSSR count). The van der Waals surface area contributed by atoms with Gasteiger partial charge in [-0.3, -0.25) is 9.88 Å². The Bertz CT molecular complexity index is 899. The second-order valence-corrected chi connectivity index (χ2v) is 7.12. The van der Waals surface area contributed by atoms with Crippen molar-refractivity contribution in [2.75, 3.05) is 31.1 Å². The van der Waals surface area contributed by atoms with Crippen molar-refractivity contribution in [2.24, 2.45) is 0 Å². The lowest BCUT2D eigenvalue weighted by Crippen LogP contribution is -2.53. The lowest BCUT2D eigenvalue weighted by molar-refractivity contribution is 0.133. The molecule has 146 valence electrons. The predicted octanol–water partition coefficient (Wildman–Crippen LogP) is 2.51. The van der Waals surface area contributed by atoms with Crippen LogP contribution in [0, 0.1) is 6.92 Å². The number of piperazine rings is 1. The summed E-state index contributed by atoms with van der Waals surface area (Å²) in [7, 11) is 0. The molecule has 1 aliphatic heterocycles. The SMILES string of the molecule is Cc1cccc(CN2CCN(c3noc(-c4ccccc4)n3)C[C@@H]2CCO)n1. The molecule has 7 nitrogen and oxygen atoms in total. The first-order chi connectivity index (χ1) is 13.7. The standard InChI is InChI=1S/C21H25N5O2/c1-16-6-5-9-18(22-16)14-25-11-12-26(15-19(25)10-13-27)21-23-20(28-24-21)17-7-3-2-4-8-17/h2-9,19,27H,10-15H2,1H3/t19-/m0/s1. The minimum atomic E-state index is 0.151. The van der Waals surface area contributed by atoms with Crippen LogP contribution in [0.5, 0.6) is 0 Å². The molecular formula is C21H25N5O2. The van der Waals surface area contributed by atoms with Gasteiger partial charge < -0.3 is 14.5 Å². The van der Waals surface area contributed by atoms with E-state index < -0.39 is 0 Å². The Kier molecular flexibility index (Phi) is 5.64. The van der Waals surface area contributed by atoms with E-state index in [1.807, 2.05) is 49.4 Å². The minimum Gasteiger partial charge on any atom is -0.396 e. The van der Waals surface area contributed by atoms with E-state index in [4.69, 9.17) is 4.52 Å². The highest BCUT2D eigenvalue weighted by atomic mass is 16.5. The largest absolute Gasteiger partial charge is 0.396 e. The maximum Gasteiger partial charge on any atom is 0.266 e. The van der Waals surface area contributed by atoms with Gasteiger partial charge in [0.2, 0.25) is 0 Å². The number of rotatable bonds is 6. The van der Waals surface area contributed by atoms with Gasteiger partial charge in [0.1, 0.15) is 0 Å². The quantitative estimate of drug-likeness (QED) is 0.705. The van der Waals surface area contributed by atoms with Crippen LogP contribution in [0.25, 0.3) is 11.5 Å². The molecule has 0 unspecified atom stereocenters. The van der Waals surface area contributed by atoms with Gasteiger partial charge in [-0.05, 0) is 42.8 Å². The number of nitrogens with zero attached hydrogens (tertiary/aromatic N) is 5. The number of aromatic nitrogens is 3. The third-order valence-corrected chi connectivity index (χ3v) is 5.10. The number of aliphatic hydroxyl groups excluding tert-OH is 1. The summed E-state index contributed by atoms with van der Waals surface area (Å²) in [6, 6.07) is 16.1.